The van der Waals surface area contributed by atoms with Gasteiger partial charge in [-0.2, -0.15) is 0 Å². The van der Waals surface area contributed by atoms with Gasteiger partial charge in [0.25, 0.3) is 0 Å². The highest BCUT2D eigenvalue weighted by molar-refractivity contribution is 5.94. The Morgan fingerprint density at radius 3 is 2.14 bits per heavy atom. The molecule has 43 heavy (non-hydrogen) atoms. The first-order valence-electron chi connectivity index (χ1n) is 15.3. The molecule has 5 rings (SSSR count). The van der Waals surface area contributed by atoms with E-state index in [0.29, 0.717) is 55.8 Å². The topological polar surface area (TPSA) is 112 Å². The molecule has 1 aliphatic carbocycles. The van der Waals surface area contributed by atoms with Crippen molar-refractivity contribution in [2.75, 3.05) is 48.7 Å². The summed E-state index contributed by atoms with van der Waals surface area (Å²) in [6.07, 6.45) is 4.16. The summed E-state index contributed by atoms with van der Waals surface area (Å²) in [6, 6.07) is 24.8. The molecular weight excluding hydrogens is 542 g/mol. The number of hydrogen-bond donors (Lipinski definition) is 4. The van der Waals surface area contributed by atoms with Gasteiger partial charge in [-0.1, -0.05) is 54.6 Å². The van der Waals surface area contributed by atoms with Crippen LogP contribution < -0.4 is 21.3 Å². The molecule has 0 atom stereocenters. The number of ether oxygens (including phenoxy) is 1. The number of hydrogen-bond acceptors (Lipinski definition) is 6. The minimum absolute atomic E-state index is 0.0476. The first-order chi connectivity index (χ1) is 21.0. The number of nitrogens with one attached hydrogen (secondary N) is 4. The predicted molar refractivity (Wildman–Crippen MR) is 170 cm³/mol. The van der Waals surface area contributed by atoms with E-state index in [-0.39, 0.29) is 17.9 Å². The molecule has 1 saturated heterocycles. The number of benzene rings is 3. The van der Waals surface area contributed by atoms with Crippen LogP contribution in [0.4, 0.5) is 21.9 Å². The zero-order chi connectivity index (χ0) is 29.9. The van der Waals surface area contributed by atoms with Crippen LogP contribution >= 0.6 is 0 Å². The van der Waals surface area contributed by atoms with Crippen molar-refractivity contribution >= 4 is 35.0 Å². The summed E-state index contributed by atoms with van der Waals surface area (Å²) >= 11 is 0. The van der Waals surface area contributed by atoms with Crippen LogP contribution in [0.5, 0.6) is 0 Å². The SMILES string of the molecule is O=C(CCNCC1CC1)Nc1cccc(NC(=O)CCN2CCC(OC(=O)Nc3ccccc3-c3ccccc3)CC2)c1. The first kappa shape index (κ1) is 30.3. The minimum Gasteiger partial charge on any atom is -0.446 e. The number of anilines is 3. The van der Waals surface area contributed by atoms with Crippen LogP contribution in [0.15, 0.2) is 78.9 Å². The summed E-state index contributed by atoms with van der Waals surface area (Å²) in [6.45, 7) is 3.78. The lowest BCUT2D eigenvalue weighted by Gasteiger charge is -2.31. The molecule has 2 fully saturated rings. The Balaban J connectivity index is 0.987. The maximum Gasteiger partial charge on any atom is 0.411 e. The summed E-state index contributed by atoms with van der Waals surface area (Å²) in [5.41, 5.74) is 4.00. The molecule has 0 spiro atoms. The number of piperidine rings is 1. The van der Waals surface area contributed by atoms with E-state index < -0.39 is 6.09 Å². The summed E-state index contributed by atoms with van der Waals surface area (Å²) in [5, 5.41) is 12.1. The molecule has 3 aromatic carbocycles. The second kappa shape index (κ2) is 15.3. The monoisotopic (exact) mass is 583 g/mol. The van der Waals surface area contributed by atoms with E-state index in [4.69, 9.17) is 4.74 Å². The summed E-state index contributed by atoms with van der Waals surface area (Å²) in [7, 11) is 0. The normalized spacial score (nSPS) is 15.4. The molecule has 0 aromatic heterocycles. The molecular formula is C34H41N5O4. The number of carbonyl (C=O) groups excluding carboxylic acids is 3. The molecule has 2 aliphatic rings. The van der Waals surface area contributed by atoms with Crippen LogP contribution in [0.2, 0.25) is 0 Å². The third-order valence-corrected chi connectivity index (χ3v) is 7.80. The van der Waals surface area contributed by atoms with Gasteiger partial charge >= 0.3 is 6.09 Å². The lowest BCUT2D eigenvalue weighted by Crippen LogP contribution is -2.39. The van der Waals surface area contributed by atoms with Crippen molar-refractivity contribution in [3.63, 3.8) is 0 Å². The van der Waals surface area contributed by atoms with Crippen molar-refractivity contribution in [3.05, 3.63) is 78.9 Å². The van der Waals surface area contributed by atoms with Crippen LogP contribution in [-0.4, -0.2) is 61.6 Å². The first-order valence-corrected chi connectivity index (χ1v) is 15.3. The highest BCUT2D eigenvalue weighted by atomic mass is 16.6. The van der Waals surface area contributed by atoms with Gasteiger partial charge in [-0.25, -0.2) is 4.79 Å². The predicted octanol–water partition coefficient (Wildman–Crippen LogP) is 5.72. The van der Waals surface area contributed by atoms with E-state index in [1.165, 1.54) is 12.8 Å². The largest absolute Gasteiger partial charge is 0.446 e. The third kappa shape index (κ3) is 9.94. The van der Waals surface area contributed by atoms with E-state index in [0.717, 1.165) is 36.7 Å². The molecule has 0 bridgehead atoms. The van der Waals surface area contributed by atoms with Crippen LogP contribution in [0.25, 0.3) is 11.1 Å². The fraction of sp³-hybridized carbons (Fsp3) is 0.382. The van der Waals surface area contributed by atoms with Gasteiger partial charge in [-0.05, 0) is 68.0 Å². The van der Waals surface area contributed by atoms with E-state index in [9.17, 15) is 14.4 Å². The molecule has 226 valence electrons. The molecule has 1 heterocycles. The van der Waals surface area contributed by atoms with Crippen molar-refractivity contribution in [1.29, 1.82) is 0 Å². The van der Waals surface area contributed by atoms with Crippen LogP contribution in [0.1, 0.15) is 38.5 Å². The maximum absolute atomic E-state index is 12.7. The lowest BCUT2D eigenvalue weighted by molar-refractivity contribution is -0.117. The second-order valence-electron chi connectivity index (χ2n) is 11.3. The van der Waals surface area contributed by atoms with Crippen LogP contribution in [0, 0.1) is 5.92 Å². The highest BCUT2D eigenvalue weighted by Crippen LogP contribution is 2.28. The zero-order valence-corrected chi connectivity index (χ0v) is 24.5. The number of amides is 3. The standard InChI is InChI=1S/C34H41N5O4/c40-32(15-19-35-24-25-13-14-25)36-27-9-6-10-28(23-27)37-33(41)18-22-39-20-16-29(17-21-39)43-34(42)38-31-12-5-4-11-30(31)26-7-2-1-3-8-26/h1-12,23,25,29,35H,13-22,24H2,(H,36,40)(H,37,41)(H,38,42). The van der Waals surface area contributed by atoms with Gasteiger partial charge in [-0.3, -0.25) is 14.9 Å². The summed E-state index contributed by atoms with van der Waals surface area (Å²) in [5.74, 6) is 0.661. The molecule has 9 nitrogen and oxygen atoms in total. The van der Waals surface area contributed by atoms with Gasteiger partial charge < -0.3 is 25.6 Å². The van der Waals surface area contributed by atoms with E-state index in [2.05, 4.69) is 26.2 Å². The number of likely N-dealkylation sites (tertiary alicyclic amines) is 1. The molecule has 3 amide bonds. The fourth-order valence-electron chi connectivity index (χ4n) is 5.21. The number of para-hydroxylation sites is 1. The fourth-order valence-corrected chi connectivity index (χ4v) is 5.21. The third-order valence-electron chi connectivity index (χ3n) is 7.80. The number of carbonyl (C=O) groups is 3. The van der Waals surface area contributed by atoms with Crippen LogP contribution in [-0.2, 0) is 14.3 Å². The van der Waals surface area contributed by atoms with Gasteiger partial charge in [0.2, 0.25) is 11.8 Å². The number of rotatable bonds is 13. The molecule has 0 radical (unpaired) electrons. The van der Waals surface area contributed by atoms with Crippen molar-refractivity contribution < 1.29 is 19.1 Å². The van der Waals surface area contributed by atoms with Gasteiger partial charge in [0.05, 0.1) is 5.69 Å². The highest BCUT2D eigenvalue weighted by Gasteiger charge is 2.23. The van der Waals surface area contributed by atoms with Crippen molar-refractivity contribution in [3.8, 4) is 11.1 Å². The zero-order valence-electron chi connectivity index (χ0n) is 24.5. The molecule has 0 unspecified atom stereocenters. The Labute approximate surface area is 253 Å². The van der Waals surface area contributed by atoms with E-state index in [1.807, 2.05) is 72.8 Å². The maximum atomic E-state index is 12.7. The van der Waals surface area contributed by atoms with Crippen molar-refractivity contribution in [1.82, 2.24) is 10.2 Å². The van der Waals surface area contributed by atoms with Crippen molar-refractivity contribution in [2.24, 2.45) is 5.92 Å². The molecule has 1 saturated carbocycles. The van der Waals surface area contributed by atoms with Crippen LogP contribution in [0.3, 0.4) is 0 Å². The molecule has 1 aliphatic heterocycles. The van der Waals surface area contributed by atoms with Crippen molar-refractivity contribution in [2.45, 2.75) is 44.6 Å². The van der Waals surface area contributed by atoms with Gasteiger partial charge in [-0.15, -0.1) is 0 Å². The average molecular weight is 584 g/mol. The Bertz CT molecular complexity index is 1370. The summed E-state index contributed by atoms with van der Waals surface area (Å²) in [4.78, 5) is 39.8. The quantitative estimate of drug-likeness (QED) is 0.192. The van der Waals surface area contributed by atoms with Gasteiger partial charge in [0.15, 0.2) is 0 Å². The van der Waals surface area contributed by atoms with E-state index >= 15 is 0 Å². The molecule has 4 N–H and O–H groups in total. The Kier molecular flexibility index (Phi) is 10.8. The average Bonchev–Trinajstić information content (AvgIpc) is 3.84. The lowest BCUT2D eigenvalue weighted by atomic mass is 10.0. The minimum atomic E-state index is -0.454. The smallest absolute Gasteiger partial charge is 0.411 e. The summed E-state index contributed by atoms with van der Waals surface area (Å²) < 4.78 is 5.73. The molecule has 3 aromatic rings. The Morgan fingerprint density at radius 2 is 1.42 bits per heavy atom. The second-order valence-corrected chi connectivity index (χ2v) is 11.3. The molecule has 9 heteroatoms. The van der Waals surface area contributed by atoms with E-state index in [1.54, 1.807) is 6.07 Å². The van der Waals surface area contributed by atoms with Gasteiger partial charge in [0, 0.05) is 56.0 Å². The Morgan fingerprint density at radius 1 is 0.744 bits per heavy atom. The van der Waals surface area contributed by atoms with Gasteiger partial charge in [0.1, 0.15) is 6.10 Å². The Hall–Kier alpha value is -4.21. The number of nitrogens with zero attached hydrogens (tertiary/aromatic N) is 1.